The molecule has 0 bridgehead atoms. The highest BCUT2D eigenvalue weighted by Crippen LogP contribution is 2.21. The van der Waals surface area contributed by atoms with Crippen molar-refractivity contribution in [1.82, 2.24) is 10.2 Å². The van der Waals surface area contributed by atoms with Gasteiger partial charge in [0.25, 0.3) is 11.8 Å². The van der Waals surface area contributed by atoms with Crippen molar-refractivity contribution < 1.29 is 14.3 Å². The maximum atomic E-state index is 12.4. The molecule has 0 saturated carbocycles. The van der Waals surface area contributed by atoms with Crippen LogP contribution in [0, 0.1) is 0 Å². The van der Waals surface area contributed by atoms with Crippen molar-refractivity contribution >= 4 is 11.8 Å². The highest BCUT2D eigenvalue weighted by molar-refractivity contribution is 5.96. The summed E-state index contributed by atoms with van der Waals surface area (Å²) in [5.74, 6) is -0.0834. The van der Waals surface area contributed by atoms with Gasteiger partial charge in [0.15, 0.2) is 0 Å². The quantitative estimate of drug-likeness (QED) is 0.941. The molecule has 0 unspecified atom stereocenters. The Morgan fingerprint density at radius 1 is 0.958 bits per heavy atom. The number of nitrogens with one attached hydrogen (secondary N) is 1. The van der Waals surface area contributed by atoms with Crippen molar-refractivity contribution in [3.63, 3.8) is 0 Å². The van der Waals surface area contributed by atoms with E-state index in [2.05, 4.69) is 5.32 Å². The zero-order valence-corrected chi connectivity index (χ0v) is 13.6. The van der Waals surface area contributed by atoms with Gasteiger partial charge in [0, 0.05) is 31.3 Å². The molecule has 0 atom stereocenters. The van der Waals surface area contributed by atoms with Crippen LogP contribution >= 0.6 is 0 Å². The van der Waals surface area contributed by atoms with Crippen LogP contribution in [-0.4, -0.2) is 50.1 Å². The van der Waals surface area contributed by atoms with E-state index in [0.29, 0.717) is 37.4 Å². The fourth-order valence-corrected chi connectivity index (χ4v) is 2.74. The second kappa shape index (κ2) is 7.27. The number of rotatable bonds is 3. The molecule has 5 heteroatoms. The predicted octanol–water partition coefficient (Wildman–Crippen LogP) is 2.19. The fourth-order valence-electron chi connectivity index (χ4n) is 2.74. The molecule has 124 valence electrons. The number of morpholine rings is 1. The topological polar surface area (TPSA) is 58.6 Å². The molecule has 1 heterocycles. The van der Waals surface area contributed by atoms with E-state index in [4.69, 9.17) is 4.74 Å². The summed E-state index contributed by atoms with van der Waals surface area (Å²) >= 11 is 0. The maximum Gasteiger partial charge on any atom is 0.254 e. The third kappa shape index (κ3) is 3.46. The number of carbonyl (C=O) groups is 2. The Balaban J connectivity index is 1.79. The molecule has 1 aliphatic rings. The highest BCUT2D eigenvalue weighted by Gasteiger charge is 2.18. The second-order valence-corrected chi connectivity index (χ2v) is 5.64. The standard InChI is InChI=1S/C19H20N2O3/c1-20-18(22)17-4-2-3-16(13-17)14-5-7-15(8-6-14)19(23)21-9-11-24-12-10-21/h2-8,13H,9-12H2,1H3,(H,20,22). The van der Waals surface area contributed by atoms with Crippen molar-refractivity contribution in [2.75, 3.05) is 33.4 Å². The normalized spacial score (nSPS) is 14.3. The van der Waals surface area contributed by atoms with Gasteiger partial charge in [0.2, 0.25) is 0 Å². The first-order chi connectivity index (χ1) is 11.7. The average molecular weight is 324 g/mol. The van der Waals surface area contributed by atoms with Gasteiger partial charge in [-0.2, -0.15) is 0 Å². The van der Waals surface area contributed by atoms with Gasteiger partial charge in [-0.15, -0.1) is 0 Å². The number of ether oxygens (including phenoxy) is 1. The van der Waals surface area contributed by atoms with Gasteiger partial charge in [-0.05, 0) is 35.4 Å². The van der Waals surface area contributed by atoms with Crippen LogP contribution in [0.1, 0.15) is 20.7 Å². The van der Waals surface area contributed by atoms with Crippen LogP contribution in [0.2, 0.25) is 0 Å². The van der Waals surface area contributed by atoms with Crippen molar-refractivity contribution in [1.29, 1.82) is 0 Å². The van der Waals surface area contributed by atoms with Crippen molar-refractivity contribution in [3.05, 3.63) is 59.7 Å². The van der Waals surface area contributed by atoms with E-state index in [0.717, 1.165) is 11.1 Å². The lowest BCUT2D eigenvalue weighted by atomic mass is 10.0. The van der Waals surface area contributed by atoms with Gasteiger partial charge in [-0.3, -0.25) is 9.59 Å². The molecule has 0 spiro atoms. The van der Waals surface area contributed by atoms with Gasteiger partial charge in [-0.1, -0.05) is 24.3 Å². The molecule has 1 N–H and O–H groups in total. The fraction of sp³-hybridized carbons (Fsp3) is 0.263. The second-order valence-electron chi connectivity index (χ2n) is 5.64. The van der Waals surface area contributed by atoms with Crippen LogP contribution in [0.25, 0.3) is 11.1 Å². The summed E-state index contributed by atoms with van der Waals surface area (Å²) in [6.45, 7) is 2.45. The molecule has 2 aromatic rings. The van der Waals surface area contributed by atoms with E-state index in [9.17, 15) is 9.59 Å². The third-order valence-electron chi connectivity index (χ3n) is 4.12. The van der Waals surface area contributed by atoms with E-state index < -0.39 is 0 Å². The first kappa shape index (κ1) is 16.2. The van der Waals surface area contributed by atoms with Gasteiger partial charge >= 0.3 is 0 Å². The Morgan fingerprint density at radius 3 is 2.33 bits per heavy atom. The van der Waals surface area contributed by atoms with Crippen LogP contribution in [-0.2, 0) is 4.74 Å². The Kier molecular flexibility index (Phi) is 4.91. The SMILES string of the molecule is CNC(=O)c1cccc(-c2ccc(C(=O)N3CCOCC3)cc2)c1. The molecule has 0 aromatic heterocycles. The number of amides is 2. The van der Waals surface area contributed by atoms with E-state index in [1.807, 2.05) is 47.4 Å². The average Bonchev–Trinajstić information content (AvgIpc) is 2.67. The number of benzene rings is 2. The first-order valence-corrected chi connectivity index (χ1v) is 7.98. The molecule has 2 amide bonds. The van der Waals surface area contributed by atoms with Crippen molar-refractivity contribution in [2.45, 2.75) is 0 Å². The Morgan fingerprint density at radius 2 is 1.67 bits per heavy atom. The van der Waals surface area contributed by atoms with E-state index in [-0.39, 0.29) is 11.8 Å². The molecule has 1 saturated heterocycles. The molecule has 0 radical (unpaired) electrons. The van der Waals surface area contributed by atoms with Crippen LogP contribution in [0.4, 0.5) is 0 Å². The van der Waals surface area contributed by atoms with Gasteiger partial charge < -0.3 is 15.0 Å². The zero-order valence-electron chi connectivity index (χ0n) is 13.6. The lowest BCUT2D eigenvalue weighted by Gasteiger charge is -2.26. The van der Waals surface area contributed by atoms with Gasteiger partial charge in [0.1, 0.15) is 0 Å². The molecule has 0 aliphatic carbocycles. The molecule has 1 aliphatic heterocycles. The van der Waals surface area contributed by atoms with E-state index in [1.165, 1.54) is 0 Å². The van der Waals surface area contributed by atoms with E-state index in [1.54, 1.807) is 13.1 Å². The maximum absolute atomic E-state index is 12.4. The monoisotopic (exact) mass is 324 g/mol. The summed E-state index contributed by atoms with van der Waals surface area (Å²) < 4.78 is 5.28. The summed E-state index contributed by atoms with van der Waals surface area (Å²) in [6.07, 6.45) is 0. The third-order valence-corrected chi connectivity index (χ3v) is 4.12. The zero-order chi connectivity index (χ0) is 16.9. The minimum absolute atomic E-state index is 0.0314. The lowest BCUT2D eigenvalue weighted by molar-refractivity contribution is 0.0303. The summed E-state index contributed by atoms with van der Waals surface area (Å²) in [7, 11) is 1.61. The van der Waals surface area contributed by atoms with Gasteiger partial charge in [-0.25, -0.2) is 0 Å². The number of nitrogens with zero attached hydrogens (tertiary/aromatic N) is 1. The van der Waals surface area contributed by atoms with Crippen LogP contribution in [0.5, 0.6) is 0 Å². The minimum Gasteiger partial charge on any atom is -0.378 e. The smallest absolute Gasteiger partial charge is 0.254 e. The van der Waals surface area contributed by atoms with Gasteiger partial charge in [0.05, 0.1) is 13.2 Å². The summed E-state index contributed by atoms with van der Waals surface area (Å²) in [5.41, 5.74) is 3.20. The lowest BCUT2D eigenvalue weighted by Crippen LogP contribution is -2.40. The number of hydrogen-bond donors (Lipinski definition) is 1. The Labute approximate surface area is 141 Å². The van der Waals surface area contributed by atoms with Crippen molar-refractivity contribution in [2.24, 2.45) is 0 Å². The number of hydrogen-bond acceptors (Lipinski definition) is 3. The predicted molar refractivity (Wildman–Crippen MR) is 92.0 cm³/mol. The Bertz CT molecular complexity index is 735. The summed E-state index contributed by atoms with van der Waals surface area (Å²) in [4.78, 5) is 26.0. The number of carbonyl (C=O) groups excluding carboxylic acids is 2. The van der Waals surface area contributed by atoms with E-state index >= 15 is 0 Å². The molecule has 24 heavy (non-hydrogen) atoms. The summed E-state index contributed by atoms with van der Waals surface area (Å²) in [6, 6.07) is 14.9. The molecular weight excluding hydrogens is 304 g/mol. The van der Waals surface area contributed by atoms with Crippen LogP contribution in [0.15, 0.2) is 48.5 Å². The minimum atomic E-state index is -0.115. The largest absolute Gasteiger partial charge is 0.378 e. The van der Waals surface area contributed by atoms with Crippen LogP contribution in [0.3, 0.4) is 0 Å². The van der Waals surface area contributed by atoms with Crippen molar-refractivity contribution in [3.8, 4) is 11.1 Å². The Hall–Kier alpha value is -2.66. The molecule has 3 rings (SSSR count). The first-order valence-electron chi connectivity index (χ1n) is 7.98. The molecule has 2 aromatic carbocycles. The molecular formula is C19H20N2O3. The summed E-state index contributed by atoms with van der Waals surface area (Å²) in [5, 5.41) is 2.62. The molecule has 1 fully saturated rings. The highest BCUT2D eigenvalue weighted by atomic mass is 16.5. The van der Waals surface area contributed by atoms with Crippen LogP contribution < -0.4 is 5.32 Å². The molecule has 5 nitrogen and oxygen atoms in total.